The van der Waals surface area contributed by atoms with Gasteiger partial charge < -0.3 is 15.1 Å². The van der Waals surface area contributed by atoms with E-state index in [9.17, 15) is 4.79 Å². The number of unbranched alkanes of at least 4 members (excludes halogenated alkanes) is 1. The Labute approximate surface area is 147 Å². The van der Waals surface area contributed by atoms with Gasteiger partial charge in [0.25, 0.3) is 5.91 Å². The molecule has 1 amide bonds. The number of amides is 1. The highest BCUT2D eigenvalue weighted by Crippen LogP contribution is 2.30. The maximum absolute atomic E-state index is 11.6. The number of primary amides is 1. The Bertz CT molecular complexity index is 717. The van der Waals surface area contributed by atoms with Gasteiger partial charge in [-0.2, -0.15) is 0 Å². The van der Waals surface area contributed by atoms with E-state index in [0.717, 1.165) is 17.6 Å². The number of hydrogen-bond donors (Lipinski definition) is 1. The number of nitrogens with zero attached hydrogens (tertiary/aromatic N) is 1. The van der Waals surface area contributed by atoms with Crippen LogP contribution >= 0.6 is 11.6 Å². The Morgan fingerprint density at radius 3 is 2.75 bits per heavy atom. The minimum Gasteiger partial charge on any atom is -0.460 e. The van der Waals surface area contributed by atoms with Crippen molar-refractivity contribution in [3.8, 4) is 0 Å². The molecule has 1 aliphatic heterocycles. The van der Waals surface area contributed by atoms with Gasteiger partial charge in [-0.3, -0.25) is 4.79 Å². The second-order valence-corrected chi connectivity index (χ2v) is 7.23. The summed E-state index contributed by atoms with van der Waals surface area (Å²) in [5.74, 6) is 1.05. The fraction of sp³-hybridized carbons (Fsp3) is 0.526. The highest BCUT2D eigenvalue weighted by Gasteiger charge is 2.21. The molecule has 0 atom stereocenters. The van der Waals surface area contributed by atoms with Gasteiger partial charge in [-0.1, -0.05) is 24.9 Å². The number of furan rings is 1. The van der Waals surface area contributed by atoms with Crippen molar-refractivity contribution in [1.82, 2.24) is 4.90 Å². The average Bonchev–Trinajstić information content (AvgIpc) is 2.95. The number of benzene rings is 1. The lowest BCUT2D eigenvalue weighted by Gasteiger charge is -2.31. The molecule has 1 saturated heterocycles. The molecule has 130 valence electrons. The van der Waals surface area contributed by atoms with E-state index in [1.165, 1.54) is 45.3 Å². The van der Waals surface area contributed by atoms with E-state index < -0.39 is 5.91 Å². The fourth-order valence-electron chi connectivity index (χ4n) is 3.53. The van der Waals surface area contributed by atoms with Gasteiger partial charge in [0.1, 0.15) is 11.3 Å². The van der Waals surface area contributed by atoms with Crippen LogP contribution in [0.4, 0.5) is 0 Å². The smallest absolute Gasteiger partial charge is 0.252 e. The molecule has 1 fully saturated rings. The molecule has 1 aliphatic rings. The van der Waals surface area contributed by atoms with Gasteiger partial charge in [0.2, 0.25) is 0 Å². The van der Waals surface area contributed by atoms with E-state index in [2.05, 4.69) is 11.8 Å². The quantitative estimate of drug-likeness (QED) is 0.849. The molecule has 2 aromatic rings. The van der Waals surface area contributed by atoms with Crippen LogP contribution in [0.5, 0.6) is 0 Å². The van der Waals surface area contributed by atoms with Gasteiger partial charge in [-0.15, -0.1) is 0 Å². The normalized spacial score (nSPS) is 16.8. The fourth-order valence-corrected chi connectivity index (χ4v) is 3.76. The van der Waals surface area contributed by atoms with Crippen molar-refractivity contribution in [3.05, 3.63) is 34.5 Å². The van der Waals surface area contributed by atoms with Crippen LogP contribution in [-0.4, -0.2) is 30.4 Å². The molecule has 0 spiro atoms. The van der Waals surface area contributed by atoms with Crippen LogP contribution in [0.15, 0.2) is 22.6 Å². The summed E-state index contributed by atoms with van der Waals surface area (Å²) in [6.07, 6.45) is 5.84. The summed E-state index contributed by atoms with van der Waals surface area (Å²) in [5.41, 5.74) is 6.35. The number of carbonyl (C=O) groups excluding carboxylic acids is 1. The van der Waals surface area contributed by atoms with Crippen molar-refractivity contribution in [2.45, 2.75) is 39.0 Å². The van der Waals surface area contributed by atoms with Crippen molar-refractivity contribution in [2.75, 3.05) is 19.6 Å². The second-order valence-electron chi connectivity index (χ2n) is 6.79. The first kappa shape index (κ1) is 17.3. The van der Waals surface area contributed by atoms with E-state index in [-0.39, 0.29) is 0 Å². The van der Waals surface area contributed by atoms with Crippen molar-refractivity contribution >= 4 is 28.5 Å². The average molecular weight is 349 g/mol. The van der Waals surface area contributed by atoms with E-state index in [0.29, 0.717) is 22.1 Å². The molecule has 24 heavy (non-hydrogen) atoms. The summed E-state index contributed by atoms with van der Waals surface area (Å²) in [4.78, 5) is 14.1. The van der Waals surface area contributed by atoms with Gasteiger partial charge in [-0.05, 0) is 63.0 Å². The van der Waals surface area contributed by atoms with Gasteiger partial charge in [0.15, 0.2) is 0 Å². The summed E-state index contributed by atoms with van der Waals surface area (Å²) >= 11 is 6.07. The minimum atomic E-state index is -0.507. The van der Waals surface area contributed by atoms with Crippen molar-refractivity contribution in [2.24, 2.45) is 11.7 Å². The number of carbonyl (C=O) groups is 1. The molecule has 0 saturated carbocycles. The summed E-state index contributed by atoms with van der Waals surface area (Å²) in [6, 6.07) is 5.40. The first-order valence-electron chi connectivity index (χ1n) is 8.81. The second kappa shape index (κ2) is 7.58. The highest BCUT2D eigenvalue weighted by atomic mass is 35.5. The van der Waals surface area contributed by atoms with Crippen LogP contribution < -0.4 is 5.73 Å². The number of piperidine rings is 1. The van der Waals surface area contributed by atoms with E-state index >= 15 is 0 Å². The lowest BCUT2D eigenvalue weighted by Crippen LogP contribution is -2.34. The number of halogens is 1. The summed E-state index contributed by atoms with van der Waals surface area (Å²) in [6.45, 7) is 5.79. The van der Waals surface area contributed by atoms with Gasteiger partial charge in [0.05, 0.1) is 5.56 Å². The third kappa shape index (κ3) is 3.93. The molecule has 1 aromatic heterocycles. The van der Waals surface area contributed by atoms with E-state index in [1.807, 2.05) is 12.1 Å². The largest absolute Gasteiger partial charge is 0.460 e. The molecule has 0 aliphatic carbocycles. The van der Waals surface area contributed by atoms with Crippen molar-refractivity contribution < 1.29 is 9.21 Å². The Morgan fingerprint density at radius 2 is 2.08 bits per heavy atom. The zero-order valence-corrected chi connectivity index (χ0v) is 14.9. The molecule has 0 unspecified atom stereocenters. The number of nitrogens with two attached hydrogens (primary N) is 1. The number of fused-ring (bicyclic) bond motifs is 1. The molecular weight excluding hydrogens is 324 g/mol. The maximum Gasteiger partial charge on any atom is 0.252 e. The minimum absolute atomic E-state index is 0.359. The molecule has 2 heterocycles. The van der Waals surface area contributed by atoms with Crippen molar-refractivity contribution in [1.29, 1.82) is 0 Å². The lowest BCUT2D eigenvalue weighted by atomic mass is 9.92. The third-order valence-electron chi connectivity index (χ3n) is 4.92. The molecule has 1 aromatic carbocycles. The van der Waals surface area contributed by atoms with Gasteiger partial charge >= 0.3 is 0 Å². The highest BCUT2D eigenvalue weighted by molar-refractivity contribution is 6.32. The Hall–Kier alpha value is -1.52. The maximum atomic E-state index is 11.6. The third-order valence-corrected chi connectivity index (χ3v) is 5.14. The van der Waals surface area contributed by atoms with Crippen LogP contribution in [0, 0.1) is 5.92 Å². The monoisotopic (exact) mass is 348 g/mol. The SMILES string of the molecule is CCCCN1CCC(Cc2cc3cc(Cl)cc(C(N)=O)c3o2)CC1. The van der Waals surface area contributed by atoms with Gasteiger partial charge in [0, 0.05) is 16.8 Å². The topological polar surface area (TPSA) is 59.5 Å². The van der Waals surface area contributed by atoms with Crippen LogP contribution in [0.2, 0.25) is 5.02 Å². The van der Waals surface area contributed by atoms with Crippen LogP contribution in [0.1, 0.15) is 48.7 Å². The molecule has 4 nitrogen and oxygen atoms in total. The van der Waals surface area contributed by atoms with Gasteiger partial charge in [-0.25, -0.2) is 0 Å². The molecule has 0 bridgehead atoms. The first-order valence-corrected chi connectivity index (χ1v) is 9.18. The predicted octanol–water partition coefficient (Wildman–Crippen LogP) is 4.24. The van der Waals surface area contributed by atoms with E-state index in [4.69, 9.17) is 21.8 Å². The zero-order chi connectivity index (χ0) is 17.1. The summed E-state index contributed by atoms with van der Waals surface area (Å²) < 4.78 is 5.94. The Morgan fingerprint density at radius 1 is 1.33 bits per heavy atom. The first-order chi connectivity index (χ1) is 11.6. The van der Waals surface area contributed by atoms with Crippen molar-refractivity contribution in [3.63, 3.8) is 0 Å². The molecular formula is C19H25ClN2O2. The molecule has 0 radical (unpaired) electrons. The summed E-state index contributed by atoms with van der Waals surface area (Å²) in [7, 11) is 0. The Balaban J connectivity index is 1.68. The van der Waals surface area contributed by atoms with Crippen LogP contribution in [0.3, 0.4) is 0 Å². The number of hydrogen-bond acceptors (Lipinski definition) is 3. The lowest BCUT2D eigenvalue weighted by molar-refractivity contribution is 0.100. The summed E-state index contributed by atoms with van der Waals surface area (Å²) in [5, 5.41) is 1.36. The standard InChI is InChI=1S/C19H25ClN2O2/c1-2-3-6-22-7-4-13(5-8-22)9-16-11-14-10-15(20)12-17(19(21)23)18(14)24-16/h10-13H,2-9H2,1H3,(H2,21,23). The Kier molecular flexibility index (Phi) is 5.47. The van der Waals surface area contributed by atoms with Crippen LogP contribution in [-0.2, 0) is 6.42 Å². The van der Waals surface area contributed by atoms with E-state index in [1.54, 1.807) is 6.07 Å². The number of likely N-dealkylation sites (tertiary alicyclic amines) is 1. The predicted molar refractivity (Wildman–Crippen MR) is 97.5 cm³/mol. The molecule has 3 rings (SSSR count). The number of rotatable bonds is 6. The molecule has 2 N–H and O–H groups in total. The molecule has 5 heteroatoms. The zero-order valence-electron chi connectivity index (χ0n) is 14.2. The van der Waals surface area contributed by atoms with Crippen LogP contribution in [0.25, 0.3) is 11.0 Å².